The van der Waals surface area contributed by atoms with Crippen LogP contribution in [0, 0.1) is 5.82 Å². The van der Waals surface area contributed by atoms with E-state index in [1.807, 2.05) is 0 Å². The standard InChI is InChI=1S/C18H12FN7O3/c19-12-3-1-2-4-13(12)26-17(28)11(8-21-18(26)29)16(27)24-14-7-15(23-9-22-14)25-6-5-20-10-25/h1-10H,(H,21,29)(H,22,23,24,27). The monoisotopic (exact) mass is 393 g/mol. The molecule has 4 aromatic rings. The van der Waals surface area contributed by atoms with E-state index in [2.05, 4.69) is 25.3 Å². The lowest BCUT2D eigenvalue weighted by Gasteiger charge is -2.09. The molecule has 0 aliphatic carbocycles. The molecule has 3 heterocycles. The van der Waals surface area contributed by atoms with Crippen LogP contribution in [0.5, 0.6) is 0 Å². The van der Waals surface area contributed by atoms with Gasteiger partial charge in [0.25, 0.3) is 11.5 Å². The number of halogens is 1. The zero-order valence-electron chi connectivity index (χ0n) is 14.6. The molecule has 11 heteroatoms. The molecular weight excluding hydrogens is 381 g/mol. The molecule has 29 heavy (non-hydrogen) atoms. The fourth-order valence-corrected chi connectivity index (χ4v) is 2.62. The van der Waals surface area contributed by atoms with Gasteiger partial charge < -0.3 is 10.3 Å². The second-order valence-corrected chi connectivity index (χ2v) is 5.79. The number of para-hydroxylation sites is 1. The first-order chi connectivity index (χ1) is 14.0. The van der Waals surface area contributed by atoms with E-state index < -0.39 is 28.5 Å². The first kappa shape index (κ1) is 18.0. The van der Waals surface area contributed by atoms with Gasteiger partial charge in [0, 0.05) is 24.7 Å². The third-order valence-electron chi connectivity index (χ3n) is 3.98. The molecule has 0 aliphatic heterocycles. The van der Waals surface area contributed by atoms with Crippen molar-refractivity contribution in [1.29, 1.82) is 0 Å². The number of H-pyrrole nitrogens is 1. The van der Waals surface area contributed by atoms with Crippen LogP contribution in [-0.2, 0) is 0 Å². The number of carbonyl (C=O) groups excluding carboxylic acids is 1. The quantitative estimate of drug-likeness (QED) is 0.530. The molecular formula is C18H12FN7O3. The van der Waals surface area contributed by atoms with E-state index in [1.54, 1.807) is 17.0 Å². The van der Waals surface area contributed by atoms with E-state index >= 15 is 0 Å². The Morgan fingerprint density at radius 1 is 1.17 bits per heavy atom. The van der Waals surface area contributed by atoms with Crippen molar-refractivity contribution in [2.75, 3.05) is 5.32 Å². The highest BCUT2D eigenvalue weighted by Gasteiger charge is 2.18. The summed E-state index contributed by atoms with van der Waals surface area (Å²) in [6.45, 7) is 0. The number of hydrogen-bond acceptors (Lipinski definition) is 6. The Hall–Kier alpha value is -4.41. The maximum atomic E-state index is 14.1. The summed E-state index contributed by atoms with van der Waals surface area (Å²) in [5.74, 6) is -1.04. The first-order valence-corrected chi connectivity index (χ1v) is 8.26. The Morgan fingerprint density at radius 2 is 2.00 bits per heavy atom. The molecule has 0 fully saturated rings. The average molecular weight is 393 g/mol. The van der Waals surface area contributed by atoms with Crippen LogP contribution in [0.15, 0.2) is 71.2 Å². The summed E-state index contributed by atoms with van der Waals surface area (Å²) >= 11 is 0. The maximum Gasteiger partial charge on any atom is 0.333 e. The fraction of sp³-hybridized carbons (Fsp3) is 0. The van der Waals surface area contributed by atoms with E-state index in [1.165, 1.54) is 36.9 Å². The second-order valence-electron chi connectivity index (χ2n) is 5.79. The lowest BCUT2D eigenvalue weighted by molar-refractivity contribution is 0.102. The van der Waals surface area contributed by atoms with Gasteiger partial charge in [0.2, 0.25) is 0 Å². The average Bonchev–Trinajstić information content (AvgIpc) is 3.24. The van der Waals surface area contributed by atoms with Crippen molar-refractivity contribution >= 4 is 11.7 Å². The third kappa shape index (κ3) is 3.43. The van der Waals surface area contributed by atoms with Gasteiger partial charge in [-0.2, -0.15) is 0 Å². The Bertz CT molecular complexity index is 1310. The van der Waals surface area contributed by atoms with Gasteiger partial charge in [-0.3, -0.25) is 14.2 Å². The Morgan fingerprint density at radius 3 is 2.76 bits per heavy atom. The van der Waals surface area contributed by atoms with Crippen molar-refractivity contribution in [1.82, 2.24) is 29.1 Å². The molecule has 3 aromatic heterocycles. The molecule has 2 N–H and O–H groups in total. The molecule has 0 saturated heterocycles. The normalized spacial score (nSPS) is 10.7. The van der Waals surface area contributed by atoms with Gasteiger partial charge in [-0.25, -0.2) is 28.7 Å². The van der Waals surface area contributed by atoms with E-state index in [-0.39, 0.29) is 11.5 Å². The summed E-state index contributed by atoms with van der Waals surface area (Å²) < 4.78 is 16.2. The minimum absolute atomic E-state index is 0.122. The number of aromatic amines is 1. The van der Waals surface area contributed by atoms with Crippen molar-refractivity contribution in [3.63, 3.8) is 0 Å². The minimum Gasteiger partial charge on any atom is -0.313 e. The van der Waals surface area contributed by atoms with Crippen LogP contribution in [-0.4, -0.2) is 35.0 Å². The van der Waals surface area contributed by atoms with Crippen molar-refractivity contribution in [3.05, 3.63) is 93.8 Å². The SMILES string of the molecule is O=C(Nc1cc(-n2ccnc2)ncn1)c1c[nH]c(=O)n(-c2ccccc2F)c1=O. The van der Waals surface area contributed by atoms with Gasteiger partial charge in [0.15, 0.2) is 0 Å². The molecule has 0 aliphatic rings. The minimum atomic E-state index is -0.972. The van der Waals surface area contributed by atoms with Crippen LogP contribution in [0.4, 0.5) is 10.2 Å². The summed E-state index contributed by atoms with van der Waals surface area (Å²) in [6, 6.07) is 6.72. The molecule has 144 valence electrons. The highest BCUT2D eigenvalue weighted by atomic mass is 19.1. The number of amides is 1. The maximum absolute atomic E-state index is 14.1. The topological polar surface area (TPSA) is 128 Å². The molecule has 10 nitrogen and oxygen atoms in total. The number of anilines is 1. The van der Waals surface area contributed by atoms with Gasteiger partial charge in [0.05, 0.1) is 5.69 Å². The number of nitrogens with one attached hydrogen (secondary N) is 2. The van der Waals surface area contributed by atoms with Gasteiger partial charge in [0.1, 0.15) is 35.7 Å². The number of carbonyl (C=O) groups is 1. The van der Waals surface area contributed by atoms with E-state index in [9.17, 15) is 18.8 Å². The van der Waals surface area contributed by atoms with Crippen molar-refractivity contribution in [2.24, 2.45) is 0 Å². The predicted molar refractivity (Wildman–Crippen MR) is 99.7 cm³/mol. The van der Waals surface area contributed by atoms with Crippen LogP contribution >= 0.6 is 0 Å². The number of imidazole rings is 1. The molecule has 0 atom stereocenters. The number of hydrogen-bond donors (Lipinski definition) is 2. The van der Waals surface area contributed by atoms with Crippen molar-refractivity contribution in [2.45, 2.75) is 0 Å². The molecule has 0 spiro atoms. The number of benzene rings is 1. The summed E-state index contributed by atoms with van der Waals surface area (Å²) in [6.07, 6.45) is 6.93. The van der Waals surface area contributed by atoms with E-state index in [0.717, 1.165) is 12.3 Å². The zero-order chi connectivity index (χ0) is 20.4. The van der Waals surface area contributed by atoms with Crippen LogP contribution in [0.2, 0.25) is 0 Å². The molecule has 0 bridgehead atoms. The van der Waals surface area contributed by atoms with Crippen LogP contribution in [0.25, 0.3) is 11.5 Å². The van der Waals surface area contributed by atoms with Gasteiger partial charge >= 0.3 is 5.69 Å². The van der Waals surface area contributed by atoms with E-state index in [4.69, 9.17) is 0 Å². The first-order valence-electron chi connectivity index (χ1n) is 8.26. The largest absolute Gasteiger partial charge is 0.333 e. The summed E-state index contributed by atoms with van der Waals surface area (Å²) in [7, 11) is 0. The Balaban J connectivity index is 1.70. The molecule has 0 saturated carbocycles. The summed E-state index contributed by atoms with van der Waals surface area (Å²) in [5.41, 5.74) is -2.50. The highest BCUT2D eigenvalue weighted by Crippen LogP contribution is 2.11. The predicted octanol–water partition coefficient (Wildman–Crippen LogP) is 0.893. The lowest BCUT2D eigenvalue weighted by atomic mass is 10.2. The lowest BCUT2D eigenvalue weighted by Crippen LogP contribution is -2.38. The molecule has 0 unspecified atom stereocenters. The second kappa shape index (κ2) is 7.31. The summed E-state index contributed by atoms with van der Waals surface area (Å²) in [4.78, 5) is 51.6. The highest BCUT2D eigenvalue weighted by molar-refractivity contribution is 6.03. The molecule has 1 aromatic carbocycles. The summed E-state index contributed by atoms with van der Waals surface area (Å²) in [5, 5.41) is 2.46. The van der Waals surface area contributed by atoms with Gasteiger partial charge in [-0.05, 0) is 12.1 Å². The van der Waals surface area contributed by atoms with E-state index in [0.29, 0.717) is 10.4 Å². The van der Waals surface area contributed by atoms with Gasteiger partial charge in [-0.1, -0.05) is 12.1 Å². The van der Waals surface area contributed by atoms with Crippen molar-refractivity contribution in [3.8, 4) is 11.5 Å². The number of rotatable bonds is 4. The fourth-order valence-electron chi connectivity index (χ4n) is 2.62. The van der Waals surface area contributed by atoms with Gasteiger partial charge in [-0.15, -0.1) is 0 Å². The zero-order valence-corrected chi connectivity index (χ0v) is 14.6. The number of nitrogens with zero attached hydrogens (tertiary/aromatic N) is 5. The van der Waals surface area contributed by atoms with Crippen LogP contribution in [0.3, 0.4) is 0 Å². The number of aromatic nitrogens is 6. The third-order valence-corrected chi connectivity index (χ3v) is 3.98. The molecule has 1 amide bonds. The molecule has 4 rings (SSSR count). The smallest absolute Gasteiger partial charge is 0.313 e. The molecule has 0 radical (unpaired) electrons. The van der Waals surface area contributed by atoms with Crippen LogP contribution < -0.4 is 16.6 Å². The van der Waals surface area contributed by atoms with Crippen LogP contribution in [0.1, 0.15) is 10.4 Å². The Kier molecular flexibility index (Phi) is 4.53. The Labute approximate surface area is 161 Å². The van der Waals surface area contributed by atoms with Crippen molar-refractivity contribution < 1.29 is 9.18 Å².